The minimum absolute atomic E-state index is 0.0323. The summed E-state index contributed by atoms with van der Waals surface area (Å²) in [5.74, 6) is 0.225. The van der Waals surface area contributed by atoms with Crippen LogP contribution in [0.25, 0.3) is 0 Å². The number of nitrogens with zero attached hydrogens (tertiary/aromatic N) is 2. The number of carbonyl (C=O) groups is 1. The number of fused-ring (bicyclic) bond motifs is 2. The molecule has 132 valence electrons. The standard InChI is InChI=1S/C17H25N3O3S/c1-12(2)17(21)20-11-14-9-15(20)10-19(14)13-3-5-16(6-4-13)24(22,23)8-7-18/h3-6,12,14-15H,7-11,18H2,1-2H3. The molecule has 0 radical (unpaired) electrons. The summed E-state index contributed by atoms with van der Waals surface area (Å²) in [7, 11) is -3.29. The fourth-order valence-corrected chi connectivity index (χ4v) is 4.80. The Morgan fingerprint density at radius 3 is 2.38 bits per heavy atom. The smallest absolute Gasteiger partial charge is 0.225 e. The molecular formula is C17H25N3O3S. The summed E-state index contributed by atoms with van der Waals surface area (Å²) in [4.78, 5) is 16.8. The molecule has 7 heteroatoms. The molecule has 2 saturated heterocycles. The predicted octanol–water partition coefficient (Wildman–Crippen LogP) is 0.865. The van der Waals surface area contributed by atoms with Crippen LogP contribution in [0.5, 0.6) is 0 Å². The Kier molecular flexibility index (Phi) is 4.57. The van der Waals surface area contributed by atoms with E-state index in [2.05, 4.69) is 4.90 Å². The van der Waals surface area contributed by atoms with Gasteiger partial charge in [0.25, 0.3) is 0 Å². The molecule has 1 amide bonds. The number of hydrogen-bond acceptors (Lipinski definition) is 5. The van der Waals surface area contributed by atoms with Gasteiger partial charge in [0.05, 0.1) is 16.7 Å². The summed E-state index contributed by atoms with van der Waals surface area (Å²) in [5.41, 5.74) is 6.38. The van der Waals surface area contributed by atoms with Gasteiger partial charge in [-0.25, -0.2) is 8.42 Å². The lowest BCUT2D eigenvalue weighted by atomic mass is 10.1. The SMILES string of the molecule is CC(C)C(=O)N1CC2CC1CN2c1ccc(S(=O)(=O)CCN)cc1. The highest BCUT2D eigenvalue weighted by Crippen LogP contribution is 2.35. The molecule has 24 heavy (non-hydrogen) atoms. The Balaban J connectivity index is 1.71. The van der Waals surface area contributed by atoms with Crippen molar-refractivity contribution < 1.29 is 13.2 Å². The third-order valence-electron chi connectivity index (χ3n) is 4.93. The largest absolute Gasteiger partial charge is 0.365 e. The number of sulfone groups is 1. The summed E-state index contributed by atoms with van der Waals surface area (Å²) >= 11 is 0. The minimum Gasteiger partial charge on any atom is -0.365 e. The molecule has 1 aromatic rings. The number of hydrogen-bond donors (Lipinski definition) is 1. The molecule has 2 N–H and O–H groups in total. The lowest BCUT2D eigenvalue weighted by molar-refractivity contribution is -0.135. The van der Waals surface area contributed by atoms with Crippen molar-refractivity contribution in [2.75, 3.05) is 30.3 Å². The molecule has 3 rings (SSSR count). The molecule has 2 aliphatic rings. The first-order valence-electron chi connectivity index (χ1n) is 8.43. The van der Waals surface area contributed by atoms with Crippen LogP contribution in [0.3, 0.4) is 0 Å². The van der Waals surface area contributed by atoms with Crippen LogP contribution in [0, 0.1) is 5.92 Å². The zero-order valence-electron chi connectivity index (χ0n) is 14.2. The van der Waals surface area contributed by atoms with E-state index in [9.17, 15) is 13.2 Å². The highest BCUT2D eigenvalue weighted by Gasteiger charge is 2.45. The fraction of sp³-hybridized carbons (Fsp3) is 0.588. The number of amides is 1. The summed E-state index contributed by atoms with van der Waals surface area (Å²) in [5, 5.41) is 0. The lowest BCUT2D eigenvalue weighted by Crippen LogP contribution is -2.50. The first-order valence-corrected chi connectivity index (χ1v) is 10.1. The van der Waals surface area contributed by atoms with Crippen LogP contribution in [0.1, 0.15) is 20.3 Å². The average Bonchev–Trinajstić information content (AvgIpc) is 3.14. The van der Waals surface area contributed by atoms with Gasteiger partial charge in [-0.15, -0.1) is 0 Å². The quantitative estimate of drug-likeness (QED) is 0.851. The van der Waals surface area contributed by atoms with Gasteiger partial charge in [-0.1, -0.05) is 13.8 Å². The third-order valence-corrected chi connectivity index (χ3v) is 6.70. The molecule has 2 unspecified atom stereocenters. The second kappa shape index (κ2) is 6.37. The van der Waals surface area contributed by atoms with Crippen LogP contribution in [0.2, 0.25) is 0 Å². The molecule has 2 atom stereocenters. The second-order valence-electron chi connectivity index (χ2n) is 6.94. The molecule has 0 saturated carbocycles. The van der Waals surface area contributed by atoms with Gasteiger partial charge in [0.15, 0.2) is 9.84 Å². The van der Waals surface area contributed by atoms with Crippen molar-refractivity contribution in [2.45, 2.75) is 37.2 Å². The Labute approximate surface area is 143 Å². The molecule has 2 fully saturated rings. The maximum absolute atomic E-state index is 12.2. The molecule has 2 aliphatic heterocycles. The summed E-state index contributed by atoms with van der Waals surface area (Å²) in [6.07, 6.45) is 0.992. The second-order valence-corrected chi connectivity index (χ2v) is 9.05. The van der Waals surface area contributed by atoms with E-state index in [0.29, 0.717) is 10.9 Å². The van der Waals surface area contributed by atoms with Gasteiger partial charge < -0.3 is 15.5 Å². The van der Waals surface area contributed by atoms with Gasteiger partial charge in [-0.3, -0.25) is 4.79 Å². The summed E-state index contributed by atoms with van der Waals surface area (Å²) in [6, 6.07) is 7.62. The molecule has 1 aromatic carbocycles. The van der Waals surface area contributed by atoms with Crippen molar-refractivity contribution in [3.63, 3.8) is 0 Å². The Bertz CT molecular complexity index is 715. The predicted molar refractivity (Wildman–Crippen MR) is 93.6 cm³/mol. The molecule has 0 spiro atoms. The normalized spacial score (nSPS) is 23.3. The number of anilines is 1. The molecule has 2 bridgehead atoms. The molecule has 0 aliphatic carbocycles. The van der Waals surface area contributed by atoms with Crippen molar-refractivity contribution in [3.05, 3.63) is 24.3 Å². The van der Waals surface area contributed by atoms with Gasteiger partial charge in [-0.2, -0.15) is 0 Å². The number of benzene rings is 1. The van der Waals surface area contributed by atoms with Crippen LogP contribution in [0.15, 0.2) is 29.2 Å². The molecule has 6 nitrogen and oxygen atoms in total. The van der Waals surface area contributed by atoms with E-state index in [4.69, 9.17) is 5.73 Å². The van der Waals surface area contributed by atoms with Gasteiger partial charge >= 0.3 is 0 Å². The van der Waals surface area contributed by atoms with Crippen molar-refractivity contribution in [3.8, 4) is 0 Å². The van der Waals surface area contributed by atoms with Crippen LogP contribution in [0.4, 0.5) is 5.69 Å². The zero-order chi connectivity index (χ0) is 17.5. The first-order chi connectivity index (χ1) is 11.3. The van der Waals surface area contributed by atoms with Crippen LogP contribution < -0.4 is 10.6 Å². The molecule has 0 aromatic heterocycles. The molecule has 2 heterocycles. The van der Waals surface area contributed by atoms with E-state index >= 15 is 0 Å². The molecular weight excluding hydrogens is 326 g/mol. The Morgan fingerprint density at radius 2 is 1.88 bits per heavy atom. The van der Waals surface area contributed by atoms with Crippen LogP contribution in [-0.2, 0) is 14.6 Å². The minimum atomic E-state index is -3.29. The van der Waals surface area contributed by atoms with Crippen molar-refractivity contribution in [1.82, 2.24) is 4.90 Å². The first kappa shape index (κ1) is 17.2. The van der Waals surface area contributed by atoms with E-state index < -0.39 is 9.84 Å². The van der Waals surface area contributed by atoms with Gasteiger partial charge in [0.1, 0.15) is 0 Å². The van der Waals surface area contributed by atoms with Crippen LogP contribution in [-0.4, -0.2) is 56.7 Å². The number of rotatable bonds is 5. The number of nitrogens with two attached hydrogens (primary N) is 1. The van der Waals surface area contributed by atoms with Gasteiger partial charge in [0.2, 0.25) is 5.91 Å². The van der Waals surface area contributed by atoms with E-state index in [0.717, 1.165) is 25.2 Å². The van der Waals surface area contributed by atoms with Crippen LogP contribution >= 0.6 is 0 Å². The van der Waals surface area contributed by atoms with Gasteiger partial charge in [0, 0.05) is 37.3 Å². The van der Waals surface area contributed by atoms with Crippen molar-refractivity contribution in [1.29, 1.82) is 0 Å². The van der Waals surface area contributed by atoms with Crippen molar-refractivity contribution >= 4 is 21.4 Å². The third kappa shape index (κ3) is 3.02. The maximum Gasteiger partial charge on any atom is 0.225 e. The highest BCUT2D eigenvalue weighted by atomic mass is 32.2. The van der Waals surface area contributed by atoms with E-state index in [1.807, 2.05) is 30.9 Å². The van der Waals surface area contributed by atoms with E-state index in [1.54, 1.807) is 12.1 Å². The van der Waals surface area contributed by atoms with Crippen molar-refractivity contribution in [2.24, 2.45) is 11.7 Å². The Morgan fingerprint density at radius 1 is 1.21 bits per heavy atom. The maximum atomic E-state index is 12.2. The zero-order valence-corrected chi connectivity index (χ0v) is 15.0. The summed E-state index contributed by atoms with van der Waals surface area (Å²) in [6.45, 7) is 5.58. The monoisotopic (exact) mass is 351 g/mol. The van der Waals surface area contributed by atoms with E-state index in [-0.39, 0.29) is 30.2 Å². The lowest BCUT2D eigenvalue weighted by Gasteiger charge is -2.36. The topological polar surface area (TPSA) is 83.7 Å². The van der Waals surface area contributed by atoms with Gasteiger partial charge in [-0.05, 0) is 30.7 Å². The highest BCUT2D eigenvalue weighted by molar-refractivity contribution is 7.91. The average molecular weight is 351 g/mol. The number of carbonyl (C=O) groups excluding carboxylic acids is 1. The Hall–Kier alpha value is -1.60. The fourth-order valence-electron chi connectivity index (χ4n) is 3.70. The number of piperazine rings is 1. The number of likely N-dealkylation sites (tertiary alicyclic amines) is 1. The summed E-state index contributed by atoms with van der Waals surface area (Å²) < 4.78 is 24.1. The van der Waals surface area contributed by atoms with E-state index in [1.165, 1.54) is 0 Å².